The van der Waals surface area contributed by atoms with Gasteiger partial charge in [-0.3, -0.25) is 9.79 Å². The van der Waals surface area contributed by atoms with Crippen molar-refractivity contribution in [3.8, 4) is 0 Å². The van der Waals surface area contributed by atoms with Gasteiger partial charge in [-0.25, -0.2) is 4.39 Å². The Bertz CT molecular complexity index is 563. The van der Waals surface area contributed by atoms with Crippen molar-refractivity contribution in [2.24, 2.45) is 10.4 Å². The van der Waals surface area contributed by atoms with Gasteiger partial charge >= 0.3 is 0 Å². The summed E-state index contributed by atoms with van der Waals surface area (Å²) in [5.74, 6) is 0.386. The van der Waals surface area contributed by atoms with E-state index in [-0.39, 0.29) is 35.7 Å². The smallest absolute Gasteiger partial charge is 0.227 e. The first-order chi connectivity index (χ1) is 10.8. The van der Waals surface area contributed by atoms with Crippen LogP contribution in [0, 0.1) is 11.2 Å². The van der Waals surface area contributed by atoms with Gasteiger partial charge in [0.2, 0.25) is 5.91 Å². The van der Waals surface area contributed by atoms with Crippen LogP contribution in [0.4, 0.5) is 4.39 Å². The molecule has 0 atom stereocenters. The Morgan fingerprint density at radius 1 is 1.38 bits per heavy atom. The molecule has 0 radical (unpaired) electrons. The Morgan fingerprint density at radius 3 is 2.58 bits per heavy atom. The lowest BCUT2D eigenvalue weighted by atomic mass is 9.93. The fraction of sp³-hybridized carbons (Fsp3) is 0.529. The lowest BCUT2D eigenvalue weighted by Crippen LogP contribution is -2.41. The monoisotopic (exact) mass is 450 g/mol. The van der Waals surface area contributed by atoms with Crippen LogP contribution in [0.1, 0.15) is 26.3 Å². The number of benzene rings is 1. The van der Waals surface area contributed by atoms with Gasteiger partial charge in [0, 0.05) is 27.2 Å². The quantitative estimate of drug-likeness (QED) is 0.398. The summed E-state index contributed by atoms with van der Waals surface area (Å²) in [6.07, 6.45) is 0. The lowest BCUT2D eigenvalue weighted by molar-refractivity contribution is -0.128. The van der Waals surface area contributed by atoms with Gasteiger partial charge in [-0.05, 0) is 38.5 Å². The second-order valence-electron chi connectivity index (χ2n) is 6.12. The van der Waals surface area contributed by atoms with E-state index in [0.717, 1.165) is 5.56 Å². The summed E-state index contributed by atoms with van der Waals surface area (Å²) in [5, 5.41) is 5.85. The average Bonchev–Trinajstić information content (AvgIpc) is 2.50. The fourth-order valence-electron chi connectivity index (χ4n) is 2.14. The molecule has 1 amide bonds. The molecule has 0 aliphatic heterocycles. The largest absolute Gasteiger partial charge is 0.359 e. The van der Waals surface area contributed by atoms with Crippen molar-refractivity contribution in [3.05, 3.63) is 35.6 Å². The van der Waals surface area contributed by atoms with E-state index in [1.165, 1.54) is 12.1 Å². The van der Waals surface area contributed by atoms with Crippen LogP contribution < -0.4 is 10.6 Å². The SMILES string of the molecule is CCNC(=NCC(C)(C)C(=O)NC)N(C)Cc1cccc(F)c1.I. The van der Waals surface area contributed by atoms with Crippen LogP contribution in [0.25, 0.3) is 0 Å². The van der Waals surface area contributed by atoms with Gasteiger partial charge in [0.25, 0.3) is 0 Å². The number of nitrogens with one attached hydrogen (secondary N) is 2. The molecule has 0 aliphatic carbocycles. The number of rotatable bonds is 6. The molecule has 5 nitrogen and oxygen atoms in total. The van der Waals surface area contributed by atoms with Crippen LogP contribution in [0.5, 0.6) is 0 Å². The lowest BCUT2D eigenvalue weighted by Gasteiger charge is -2.25. The molecule has 0 saturated heterocycles. The number of halogens is 2. The normalized spacial score (nSPS) is 11.5. The van der Waals surface area contributed by atoms with Crippen molar-refractivity contribution in [2.75, 3.05) is 27.2 Å². The Balaban J connectivity index is 0.00000529. The molecular formula is C17H28FIN4O. The molecule has 2 N–H and O–H groups in total. The third-order valence-corrected chi connectivity index (χ3v) is 3.47. The molecule has 7 heteroatoms. The maximum atomic E-state index is 13.3. The van der Waals surface area contributed by atoms with Crippen LogP contribution in [-0.2, 0) is 11.3 Å². The molecule has 0 heterocycles. The molecule has 0 aliphatic rings. The maximum absolute atomic E-state index is 13.3. The highest BCUT2D eigenvalue weighted by atomic mass is 127. The Labute approximate surface area is 161 Å². The van der Waals surface area contributed by atoms with Crippen LogP contribution in [-0.4, -0.2) is 44.0 Å². The first-order valence-electron chi connectivity index (χ1n) is 7.76. The zero-order valence-electron chi connectivity index (χ0n) is 15.0. The highest BCUT2D eigenvalue weighted by Gasteiger charge is 2.26. The topological polar surface area (TPSA) is 56.7 Å². The summed E-state index contributed by atoms with van der Waals surface area (Å²) >= 11 is 0. The number of carbonyl (C=O) groups is 1. The van der Waals surface area contributed by atoms with Gasteiger partial charge in [0.15, 0.2) is 5.96 Å². The summed E-state index contributed by atoms with van der Waals surface area (Å²) in [5.41, 5.74) is 0.276. The second-order valence-corrected chi connectivity index (χ2v) is 6.12. The maximum Gasteiger partial charge on any atom is 0.227 e. The zero-order valence-corrected chi connectivity index (χ0v) is 17.3. The molecule has 1 aromatic rings. The molecular weight excluding hydrogens is 422 g/mol. The van der Waals surface area contributed by atoms with Crippen molar-refractivity contribution in [2.45, 2.75) is 27.3 Å². The van der Waals surface area contributed by atoms with Crippen LogP contribution in [0.2, 0.25) is 0 Å². The van der Waals surface area contributed by atoms with Crippen molar-refractivity contribution in [1.82, 2.24) is 15.5 Å². The molecule has 0 bridgehead atoms. The predicted octanol–water partition coefficient (Wildman–Crippen LogP) is 2.61. The van der Waals surface area contributed by atoms with Crippen LogP contribution >= 0.6 is 24.0 Å². The third kappa shape index (κ3) is 7.02. The first kappa shape index (κ1) is 22.6. The van der Waals surface area contributed by atoms with Crippen molar-refractivity contribution in [1.29, 1.82) is 0 Å². The van der Waals surface area contributed by atoms with E-state index in [1.807, 2.05) is 38.8 Å². The minimum atomic E-state index is -0.588. The number of amides is 1. The number of guanidine groups is 1. The number of carbonyl (C=O) groups excluding carboxylic acids is 1. The summed E-state index contributed by atoms with van der Waals surface area (Å²) in [6, 6.07) is 6.50. The minimum Gasteiger partial charge on any atom is -0.359 e. The van der Waals surface area contributed by atoms with E-state index in [4.69, 9.17) is 0 Å². The number of hydrogen-bond acceptors (Lipinski definition) is 2. The van der Waals surface area contributed by atoms with Crippen LogP contribution in [0.15, 0.2) is 29.3 Å². The summed E-state index contributed by atoms with van der Waals surface area (Å²) < 4.78 is 13.3. The minimum absolute atomic E-state index is 0. The van der Waals surface area contributed by atoms with Gasteiger partial charge < -0.3 is 15.5 Å². The van der Waals surface area contributed by atoms with Gasteiger partial charge in [-0.2, -0.15) is 0 Å². The number of aliphatic imine (C=N–C) groups is 1. The van der Waals surface area contributed by atoms with E-state index in [1.54, 1.807) is 13.1 Å². The molecule has 0 spiro atoms. The van der Waals surface area contributed by atoms with Gasteiger partial charge in [0.05, 0.1) is 12.0 Å². The zero-order chi connectivity index (χ0) is 17.5. The van der Waals surface area contributed by atoms with E-state index in [2.05, 4.69) is 15.6 Å². The van der Waals surface area contributed by atoms with Crippen molar-refractivity contribution >= 4 is 35.8 Å². The van der Waals surface area contributed by atoms with Gasteiger partial charge in [-0.1, -0.05) is 12.1 Å². The highest BCUT2D eigenvalue weighted by Crippen LogP contribution is 2.15. The van der Waals surface area contributed by atoms with E-state index < -0.39 is 5.41 Å². The van der Waals surface area contributed by atoms with Gasteiger partial charge in [0.1, 0.15) is 5.82 Å². The number of nitrogens with zero attached hydrogens (tertiary/aromatic N) is 2. The fourth-order valence-corrected chi connectivity index (χ4v) is 2.14. The molecule has 0 saturated carbocycles. The summed E-state index contributed by atoms with van der Waals surface area (Å²) in [4.78, 5) is 18.3. The Hall–Kier alpha value is -1.38. The summed E-state index contributed by atoms with van der Waals surface area (Å²) in [7, 11) is 3.51. The molecule has 136 valence electrons. The molecule has 0 fully saturated rings. The standard InChI is InChI=1S/C17H27FN4O.HI/c1-6-20-16(21-12-17(2,3)15(23)19-4)22(5)11-13-8-7-9-14(18)10-13;/h7-10H,6,11-12H2,1-5H3,(H,19,23)(H,20,21);1H. The number of hydrogen-bond donors (Lipinski definition) is 2. The highest BCUT2D eigenvalue weighted by molar-refractivity contribution is 14.0. The Morgan fingerprint density at radius 2 is 2.04 bits per heavy atom. The molecule has 1 rings (SSSR count). The molecule has 0 unspecified atom stereocenters. The molecule has 0 aromatic heterocycles. The molecule has 24 heavy (non-hydrogen) atoms. The molecule has 1 aromatic carbocycles. The van der Waals surface area contributed by atoms with Crippen molar-refractivity contribution in [3.63, 3.8) is 0 Å². The average molecular weight is 450 g/mol. The Kier molecular flexibility index (Phi) is 9.88. The predicted molar refractivity (Wildman–Crippen MR) is 107 cm³/mol. The van der Waals surface area contributed by atoms with Crippen LogP contribution in [0.3, 0.4) is 0 Å². The van der Waals surface area contributed by atoms with E-state index >= 15 is 0 Å². The van der Waals surface area contributed by atoms with Gasteiger partial charge in [-0.15, -0.1) is 24.0 Å². The first-order valence-corrected chi connectivity index (χ1v) is 7.76. The van der Waals surface area contributed by atoms with E-state index in [9.17, 15) is 9.18 Å². The summed E-state index contributed by atoms with van der Waals surface area (Å²) in [6.45, 7) is 7.30. The third-order valence-electron chi connectivity index (χ3n) is 3.47. The van der Waals surface area contributed by atoms with Crippen molar-refractivity contribution < 1.29 is 9.18 Å². The second kappa shape index (κ2) is 10.5. The van der Waals surface area contributed by atoms with E-state index in [0.29, 0.717) is 25.6 Å².